The predicted molar refractivity (Wildman–Crippen MR) is 155 cm³/mol. The largest absolute Gasteiger partial charge is 0.416 e. The Balaban J connectivity index is 1.79. The molecule has 0 saturated heterocycles. The van der Waals surface area contributed by atoms with Gasteiger partial charge in [-0.05, 0) is 53.5 Å². The van der Waals surface area contributed by atoms with Gasteiger partial charge in [0.1, 0.15) is 0 Å². The Hall–Kier alpha value is -3.33. The van der Waals surface area contributed by atoms with Crippen LogP contribution in [-0.4, -0.2) is 59.9 Å². The molecule has 3 rings (SSSR count). The molecule has 0 spiro atoms. The van der Waals surface area contributed by atoms with E-state index >= 15 is 0 Å². The average Bonchev–Trinajstić information content (AvgIpc) is 3.30. The first-order chi connectivity index (χ1) is 19.3. The van der Waals surface area contributed by atoms with Crippen LogP contribution in [0.5, 0.6) is 0 Å². The number of aromatic nitrogens is 1. The number of ether oxygens (including phenoxy) is 1. The van der Waals surface area contributed by atoms with E-state index in [1.165, 1.54) is 17.0 Å². The highest BCUT2D eigenvalue weighted by Crippen LogP contribution is 2.29. The SMILES string of the molecule is COCCN(CC(=O)N(CCc1c[nH]c2ccccc12)Cc1ccc(C(F)(F)F)cc1)C(=O)CC(C)CC(C)(C)C. The number of halogens is 3. The van der Waals surface area contributed by atoms with E-state index in [9.17, 15) is 22.8 Å². The lowest BCUT2D eigenvalue weighted by atomic mass is 9.84. The molecule has 224 valence electrons. The van der Waals surface area contributed by atoms with Crippen LogP contribution in [0.15, 0.2) is 54.7 Å². The van der Waals surface area contributed by atoms with Crippen molar-refractivity contribution in [2.45, 2.75) is 59.7 Å². The number of hydrogen-bond donors (Lipinski definition) is 1. The standard InChI is InChI=1S/C32H42F3N3O3/c1-23(19-31(2,3)4)18-29(39)38(16-17-41-5)22-30(40)37(21-24-10-12-26(13-11-24)32(33,34)35)15-14-25-20-36-28-9-7-6-8-27(25)28/h6-13,20,23,36H,14-19,21-22H2,1-5H3. The highest BCUT2D eigenvalue weighted by molar-refractivity contribution is 5.85. The van der Waals surface area contributed by atoms with Crippen LogP contribution in [0.25, 0.3) is 10.9 Å². The van der Waals surface area contributed by atoms with Crippen LogP contribution >= 0.6 is 0 Å². The van der Waals surface area contributed by atoms with Gasteiger partial charge in [0.05, 0.1) is 18.7 Å². The van der Waals surface area contributed by atoms with Gasteiger partial charge < -0.3 is 19.5 Å². The van der Waals surface area contributed by atoms with Gasteiger partial charge in [0.2, 0.25) is 11.8 Å². The number of nitrogens with one attached hydrogen (secondary N) is 1. The van der Waals surface area contributed by atoms with E-state index in [-0.39, 0.29) is 42.8 Å². The van der Waals surface area contributed by atoms with E-state index in [4.69, 9.17) is 4.74 Å². The monoisotopic (exact) mass is 573 g/mol. The first kappa shape index (κ1) is 32.2. The molecule has 1 aromatic heterocycles. The van der Waals surface area contributed by atoms with Crippen molar-refractivity contribution in [1.82, 2.24) is 14.8 Å². The number of fused-ring (bicyclic) bond motifs is 1. The molecule has 0 fully saturated rings. The van der Waals surface area contributed by atoms with E-state index in [0.717, 1.165) is 35.0 Å². The van der Waals surface area contributed by atoms with Crippen molar-refractivity contribution in [3.05, 3.63) is 71.4 Å². The van der Waals surface area contributed by atoms with E-state index in [0.29, 0.717) is 31.6 Å². The van der Waals surface area contributed by atoms with Gasteiger partial charge in [-0.2, -0.15) is 13.2 Å². The minimum atomic E-state index is -4.43. The smallest absolute Gasteiger partial charge is 0.383 e. The van der Waals surface area contributed by atoms with Crippen molar-refractivity contribution in [3.8, 4) is 0 Å². The van der Waals surface area contributed by atoms with Crippen molar-refractivity contribution >= 4 is 22.7 Å². The molecule has 0 aliphatic carbocycles. The zero-order chi connectivity index (χ0) is 30.2. The molecule has 0 aliphatic rings. The highest BCUT2D eigenvalue weighted by atomic mass is 19.4. The fourth-order valence-electron chi connectivity index (χ4n) is 5.21. The summed E-state index contributed by atoms with van der Waals surface area (Å²) in [4.78, 5) is 33.4. The van der Waals surface area contributed by atoms with Crippen LogP contribution < -0.4 is 0 Å². The van der Waals surface area contributed by atoms with Crippen molar-refractivity contribution in [1.29, 1.82) is 0 Å². The number of rotatable bonds is 13. The Morgan fingerprint density at radius 2 is 1.63 bits per heavy atom. The molecule has 1 unspecified atom stereocenters. The molecule has 2 amide bonds. The molecule has 41 heavy (non-hydrogen) atoms. The van der Waals surface area contributed by atoms with Crippen LogP contribution in [0, 0.1) is 11.3 Å². The summed E-state index contributed by atoms with van der Waals surface area (Å²) < 4.78 is 44.5. The number of methoxy groups -OCH3 is 1. The number of aromatic amines is 1. The number of carbonyl (C=O) groups excluding carboxylic acids is 2. The molecule has 2 aromatic carbocycles. The van der Waals surface area contributed by atoms with Gasteiger partial charge in [-0.1, -0.05) is 58.0 Å². The summed E-state index contributed by atoms with van der Waals surface area (Å²) >= 11 is 0. The molecule has 6 nitrogen and oxygen atoms in total. The Kier molecular flexibility index (Phi) is 11.0. The summed E-state index contributed by atoms with van der Waals surface area (Å²) in [6, 6.07) is 12.7. The van der Waals surface area contributed by atoms with Crippen LogP contribution in [0.1, 0.15) is 57.2 Å². The molecule has 0 bridgehead atoms. The third-order valence-corrected chi connectivity index (χ3v) is 7.06. The molecule has 9 heteroatoms. The molecular weight excluding hydrogens is 531 g/mol. The first-order valence-corrected chi connectivity index (χ1v) is 14.0. The third-order valence-electron chi connectivity index (χ3n) is 7.06. The highest BCUT2D eigenvalue weighted by Gasteiger charge is 2.30. The van der Waals surface area contributed by atoms with E-state index in [1.807, 2.05) is 37.4 Å². The van der Waals surface area contributed by atoms with E-state index in [1.54, 1.807) is 12.0 Å². The van der Waals surface area contributed by atoms with Crippen LogP contribution in [0.4, 0.5) is 13.2 Å². The second-order valence-electron chi connectivity index (χ2n) is 12.0. The summed E-state index contributed by atoms with van der Waals surface area (Å²) in [5.41, 5.74) is 1.95. The number of benzene rings is 2. The van der Waals surface area contributed by atoms with Gasteiger partial charge in [-0.3, -0.25) is 9.59 Å². The number of para-hydroxylation sites is 1. The predicted octanol–water partition coefficient (Wildman–Crippen LogP) is 6.70. The van der Waals surface area contributed by atoms with Crippen molar-refractivity contribution in [2.75, 3.05) is 33.4 Å². The second-order valence-corrected chi connectivity index (χ2v) is 12.0. The lowest BCUT2D eigenvalue weighted by Crippen LogP contribution is -2.45. The number of H-pyrrole nitrogens is 1. The summed E-state index contributed by atoms with van der Waals surface area (Å²) in [5.74, 6) is -0.233. The van der Waals surface area contributed by atoms with Crippen LogP contribution in [-0.2, 0) is 33.5 Å². The molecular formula is C32H42F3N3O3. The number of hydrogen-bond acceptors (Lipinski definition) is 3. The summed E-state index contributed by atoms with van der Waals surface area (Å²) in [5, 5.41) is 1.05. The molecule has 1 atom stereocenters. The summed E-state index contributed by atoms with van der Waals surface area (Å²) in [6.45, 7) is 9.35. The molecule has 0 radical (unpaired) electrons. The fraction of sp³-hybridized carbons (Fsp3) is 0.500. The summed E-state index contributed by atoms with van der Waals surface area (Å²) in [7, 11) is 1.55. The Bertz CT molecular complexity index is 1280. The van der Waals surface area contributed by atoms with Gasteiger partial charge >= 0.3 is 6.18 Å². The lowest BCUT2D eigenvalue weighted by Gasteiger charge is -2.29. The normalized spacial score (nSPS) is 12.9. The van der Waals surface area contributed by atoms with Gasteiger partial charge in [0.15, 0.2) is 0 Å². The molecule has 1 N–H and O–H groups in total. The van der Waals surface area contributed by atoms with Crippen LogP contribution in [0.3, 0.4) is 0 Å². The van der Waals surface area contributed by atoms with Crippen LogP contribution in [0.2, 0.25) is 0 Å². The maximum atomic E-state index is 13.7. The van der Waals surface area contributed by atoms with Gasteiger partial charge in [-0.15, -0.1) is 0 Å². The maximum Gasteiger partial charge on any atom is 0.416 e. The maximum absolute atomic E-state index is 13.7. The van der Waals surface area contributed by atoms with Gasteiger partial charge in [-0.25, -0.2) is 0 Å². The van der Waals surface area contributed by atoms with E-state index < -0.39 is 11.7 Å². The Morgan fingerprint density at radius 1 is 0.951 bits per heavy atom. The molecule has 1 heterocycles. The zero-order valence-corrected chi connectivity index (χ0v) is 24.7. The Morgan fingerprint density at radius 3 is 2.27 bits per heavy atom. The van der Waals surface area contributed by atoms with Crippen molar-refractivity contribution < 1.29 is 27.5 Å². The van der Waals surface area contributed by atoms with E-state index in [2.05, 4.69) is 25.8 Å². The Labute approximate surface area is 240 Å². The third kappa shape index (κ3) is 9.92. The van der Waals surface area contributed by atoms with Crippen molar-refractivity contribution in [3.63, 3.8) is 0 Å². The molecule has 3 aromatic rings. The lowest BCUT2D eigenvalue weighted by molar-refractivity contribution is -0.142. The minimum absolute atomic E-state index is 0.0771. The number of nitrogens with zero attached hydrogens (tertiary/aromatic N) is 2. The quantitative estimate of drug-likeness (QED) is 0.248. The molecule has 0 aliphatic heterocycles. The summed E-state index contributed by atoms with van der Waals surface area (Å²) in [6.07, 6.45) is -0.783. The first-order valence-electron chi connectivity index (χ1n) is 14.0. The average molecular weight is 574 g/mol. The minimum Gasteiger partial charge on any atom is -0.383 e. The second kappa shape index (κ2) is 14.0. The van der Waals surface area contributed by atoms with Gasteiger partial charge in [0, 0.05) is 50.3 Å². The number of amides is 2. The van der Waals surface area contributed by atoms with Gasteiger partial charge in [0.25, 0.3) is 0 Å². The topological polar surface area (TPSA) is 65.6 Å². The fourth-order valence-corrected chi connectivity index (χ4v) is 5.21. The zero-order valence-electron chi connectivity index (χ0n) is 24.7. The molecule has 0 saturated carbocycles. The number of alkyl halides is 3. The van der Waals surface area contributed by atoms with Crippen molar-refractivity contribution in [2.24, 2.45) is 11.3 Å². The number of carbonyl (C=O) groups is 2.